The summed E-state index contributed by atoms with van der Waals surface area (Å²) in [7, 11) is 0. The molecule has 1 amide bonds. The number of nitrogens with two attached hydrogens (primary N) is 1. The molecule has 7 heteroatoms. The van der Waals surface area contributed by atoms with Gasteiger partial charge in [-0.1, -0.05) is 48.5 Å². The fraction of sp³-hybridized carbons (Fsp3) is 0.250. The van der Waals surface area contributed by atoms with E-state index in [0.29, 0.717) is 24.2 Å². The summed E-state index contributed by atoms with van der Waals surface area (Å²) in [5, 5.41) is 19.6. The van der Waals surface area contributed by atoms with Gasteiger partial charge in [-0.25, -0.2) is 9.67 Å². The van der Waals surface area contributed by atoms with Crippen LogP contribution >= 0.6 is 0 Å². The molecule has 0 aliphatic carbocycles. The van der Waals surface area contributed by atoms with Crippen LogP contribution in [-0.4, -0.2) is 31.0 Å². The fourth-order valence-electron chi connectivity index (χ4n) is 3.59. The van der Waals surface area contributed by atoms with Gasteiger partial charge in [-0.05, 0) is 54.7 Å². The second kappa shape index (κ2) is 7.92. The van der Waals surface area contributed by atoms with Crippen molar-refractivity contribution in [2.75, 3.05) is 0 Å². The van der Waals surface area contributed by atoms with Gasteiger partial charge in [-0.2, -0.15) is 0 Å². The first kappa shape index (κ1) is 20.7. The van der Waals surface area contributed by atoms with Crippen LogP contribution < -0.4 is 5.73 Å². The van der Waals surface area contributed by atoms with E-state index in [9.17, 15) is 9.90 Å². The van der Waals surface area contributed by atoms with Crippen LogP contribution in [0.5, 0.6) is 0 Å². The zero-order valence-corrected chi connectivity index (χ0v) is 17.8. The first-order chi connectivity index (χ1) is 14.8. The first-order valence-electron chi connectivity index (χ1n) is 10.2. The minimum Gasteiger partial charge on any atom is -0.384 e. The van der Waals surface area contributed by atoms with E-state index in [2.05, 4.69) is 15.3 Å². The van der Waals surface area contributed by atoms with Crippen LogP contribution in [0, 0.1) is 6.92 Å². The largest absolute Gasteiger partial charge is 0.384 e. The smallest absolute Gasteiger partial charge is 0.267 e. The summed E-state index contributed by atoms with van der Waals surface area (Å²) in [5.74, 6) is -0.565. The number of aryl methyl sites for hydroxylation is 1. The number of carbonyl (C=O) groups is 1. The van der Waals surface area contributed by atoms with Gasteiger partial charge in [0.05, 0.1) is 18.3 Å². The molecule has 0 fully saturated rings. The van der Waals surface area contributed by atoms with Gasteiger partial charge in [0.25, 0.3) is 5.91 Å². The zero-order chi connectivity index (χ0) is 22.2. The molecular weight excluding hydrogens is 390 g/mol. The van der Waals surface area contributed by atoms with Crippen molar-refractivity contribution >= 4 is 16.8 Å². The van der Waals surface area contributed by atoms with Gasteiger partial charge in [0.15, 0.2) is 0 Å². The molecule has 0 unspecified atom stereocenters. The molecule has 0 saturated heterocycles. The number of fused-ring (bicyclic) bond motifs is 1. The maximum absolute atomic E-state index is 11.9. The molecule has 31 heavy (non-hydrogen) atoms. The molecule has 2 aromatic heterocycles. The van der Waals surface area contributed by atoms with Gasteiger partial charge in [0.2, 0.25) is 0 Å². The molecule has 158 valence electrons. The zero-order valence-electron chi connectivity index (χ0n) is 17.8. The van der Waals surface area contributed by atoms with Crippen molar-refractivity contribution in [2.45, 2.75) is 39.3 Å². The van der Waals surface area contributed by atoms with E-state index in [1.807, 2.05) is 56.3 Å². The lowest BCUT2D eigenvalue weighted by molar-refractivity contribution is 0.0484. The summed E-state index contributed by atoms with van der Waals surface area (Å²) in [6.07, 6.45) is 2.29. The lowest BCUT2D eigenvalue weighted by Crippen LogP contribution is -2.20. The summed E-state index contributed by atoms with van der Waals surface area (Å²) < 4.78 is 1.68. The van der Waals surface area contributed by atoms with Crippen LogP contribution in [0.3, 0.4) is 0 Å². The fourth-order valence-corrected chi connectivity index (χ4v) is 3.59. The van der Waals surface area contributed by atoms with Gasteiger partial charge in [-0.15, -0.1) is 5.10 Å². The second-order valence-electron chi connectivity index (χ2n) is 8.01. The third-order valence-electron chi connectivity index (χ3n) is 5.69. The van der Waals surface area contributed by atoms with Crippen molar-refractivity contribution in [1.82, 2.24) is 20.0 Å². The van der Waals surface area contributed by atoms with Crippen LogP contribution in [0.1, 0.15) is 47.6 Å². The van der Waals surface area contributed by atoms with E-state index in [1.165, 1.54) is 0 Å². The standard InChI is InChI=1S/C24H25N5O2/c1-4-24(3,31)22-14-29(28-27-22)13-16-9-10-18-19(17-8-6-5-7-15(17)2)12-21(23(25)30)26-20(18)11-16/h5-12,14,31H,4,13H2,1-3H3,(H2,25,30)/t24-/m1/s1. The highest BCUT2D eigenvalue weighted by Crippen LogP contribution is 2.31. The Morgan fingerprint density at radius 1 is 1.16 bits per heavy atom. The molecule has 0 aliphatic rings. The molecule has 2 aromatic carbocycles. The minimum atomic E-state index is -1.01. The Balaban J connectivity index is 1.77. The summed E-state index contributed by atoms with van der Waals surface area (Å²) in [6.45, 7) is 6.12. The summed E-state index contributed by atoms with van der Waals surface area (Å²) in [4.78, 5) is 16.4. The molecule has 4 rings (SSSR count). The van der Waals surface area contributed by atoms with Crippen LogP contribution in [-0.2, 0) is 12.1 Å². The normalized spacial score (nSPS) is 13.3. The number of amides is 1. The number of hydrogen-bond donors (Lipinski definition) is 2. The Labute approximate surface area is 180 Å². The van der Waals surface area contributed by atoms with Crippen molar-refractivity contribution < 1.29 is 9.90 Å². The predicted molar refractivity (Wildman–Crippen MR) is 119 cm³/mol. The van der Waals surface area contributed by atoms with Crippen molar-refractivity contribution in [3.63, 3.8) is 0 Å². The lowest BCUT2D eigenvalue weighted by atomic mass is 9.95. The van der Waals surface area contributed by atoms with Crippen molar-refractivity contribution in [3.05, 3.63) is 77.2 Å². The number of nitrogens with zero attached hydrogens (tertiary/aromatic N) is 4. The molecule has 4 aromatic rings. The number of hydrogen-bond acceptors (Lipinski definition) is 5. The summed E-state index contributed by atoms with van der Waals surface area (Å²) in [5.41, 5.74) is 10.0. The molecule has 0 spiro atoms. The van der Waals surface area contributed by atoms with E-state index in [-0.39, 0.29) is 5.69 Å². The maximum atomic E-state index is 11.9. The highest BCUT2D eigenvalue weighted by atomic mass is 16.3. The number of benzene rings is 2. The third-order valence-corrected chi connectivity index (χ3v) is 5.69. The molecule has 2 heterocycles. The quantitative estimate of drug-likeness (QED) is 0.501. The number of aliphatic hydroxyl groups is 1. The number of aromatic nitrogens is 4. The molecule has 0 bridgehead atoms. The predicted octanol–water partition coefficient (Wildman–Crippen LogP) is 3.57. The van der Waals surface area contributed by atoms with E-state index in [4.69, 9.17) is 5.73 Å². The Morgan fingerprint density at radius 3 is 2.65 bits per heavy atom. The van der Waals surface area contributed by atoms with Gasteiger partial charge in [-0.3, -0.25) is 4.79 Å². The number of rotatable bonds is 6. The number of pyridine rings is 1. The van der Waals surface area contributed by atoms with Crippen LogP contribution in [0.4, 0.5) is 0 Å². The van der Waals surface area contributed by atoms with Crippen LogP contribution in [0.25, 0.3) is 22.0 Å². The molecule has 3 N–H and O–H groups in total. The van der Waals surface area contributed by atoms with E-state index >= 15 is 0 Å². The highest BCUT2D eigenvalue weighted by molar-refractivity contribution is 6.01. The van der Waals surface area contributed by atoms with Gasteiger partial charge >= 0.3 is 0 Å². The molecule has 0 saturated carbocycles. The Hall–Kier alpha value is -3.58. The third kappa shape index (κ3) is 4.04. The van der Waals surface area contributed by atoms with E-state index in [0.717, 1.165) is 27.6 Å². The monoisotopic (exact) mass is 415 g/mol. The molecular formula is C24H25N5O2. The van der Waals surface area contributed by atoms with Gasteiger partial charge < -0.3 is 10.8 Å². The maximum Gasteiger partial charge on any atom is 0.267 e. The average Bonchev–Trinajstić information content (AvgIpc) is 3.22. The molecule has 0 aliphatic heterocycles. The summed E-state index contributed by atoms with van der Waals surface area (Å²) in [6, 6.07) is 15.7. The van der Waals surface area contributed by atoms with Gasteiger partial charge in [0, 0.05) is 5.39 Å². The lowest BCUT2D eigenvalue weighted by Gasteiger charge is -2.17. The Bertz CT molecular complexity index is 1280. The van der Waals surface area contributed by atoms with Crippen molar-refractivity contribution in [2.24, 2.45) is 5.73 Å². The van der Waals surface area contributed by atoms with Crippen molar-refractivity contribution in [1.29, 1.82) is 0 Å². The van der Waals surface area contributed by atoms with E-state index < -0.39 is 11.5 Å². The van der Waals surface area contributed by atoms with Crippen molar-refractivity contribution in [3.8, 4) is 11.1 Å². The van der Waals surface area contributed by atoms with Gasteiger partial charge in [0.1, 0.15) is 17.0 Å². The minimum absolute atomic E-state index is 0.227. The van der Waals surface area contributed by atoms with E-state index in [1.54, 1.807) is 23.9 Å². The molecule has 1 atom stereocenters. The second-order valence-corrected chi connectivity index (χ2v) is 8.01. The topological polar surface area (TPSA) is 107 Å². The summed E-state index contributed by atoms with van der Waals surface area (Å²) >= 11 is 0. The SMILES string of the molecule is CC[C@@](C)(O)c1cn(Cc2ccc3c(-c4ccccc4C)cc(C(N)=O)nc3c2)nn1. The number of primary amides is 1. The Morgan fingerprint density at radius 2 is 1.94 bits per heavy atom. The highest BCUT2D eigenvalue weighted by Gasteiger charge is 2.24. The Kier molecular flexibility index (Phi) is 5.29. The molecule has 0 radical (unpaired) electrons. The number of carbonyl (C=O) groups excluding carboxylic acids is 1. The van der Waals surface area contributed by atoms with Crippen LogP contribution in [0.2, 0.25) is 0 Å². The first-order valence-corrected chi connectivity index (χ1v) is 10.2. The van der Waals surface area contributed by atoms with Crippen LogP contribution in [0.15, 0.2) is 54.7 Å². The molecule has 7 nitrogen and oxygen atoms in total. The average molecular weight is 415 g/mol.